The van der Waals surface area contributed by atoms with E-state index in [0.717, 1.165) is 31.7 Å². The van der Waals surface area contributed by atoms with Gasteiger partial charge >= 0.3 is 0 Å². The van der Waals surface area contributed by atoms with Gasteiger partial charge in [-0.1, -0.05) is 23.2 Å². The molecule has 0 spiro atoms. The van der Waals surface area contributed by atoms with E-state index < -0.39 is 0 Å². The van der Waals surface area contributed by atoms with Gasteiger partial charge in [-0.2, -0.15) is 0 Å². The SMILES string of the molecule is Clc1ccc(OCCCCN2CCC(CCc3cnc[nH]3)CC2)c(Cl)c1. The molecule has 0 amide bonds. The quantitative estimate of drug-likeness (QED) is 0.591. The Morgan fingerprint density at radius 1 is 1.19 bits per heavy atom. The minimum Gasteiger partial charge on any atom is -0.492 e. The molecule has 1 fully saturated rings. The predicted molar refractivity (Wildman–Crippen MR) is 107 cm³/mol. The van der Waals surface area contributed by atoms with Crippen molar-refractivity contribution in [3.05, 3.63) is 46.5 Å². The molecule has 0 aliphatic carbocycles. The lowest BCUT2D eigenvalue weighted by Gasteiger charge is -2.31. The number of aryl methyl sites for hydroxylation is 1. The highest BCUT2D eigenvalue weighted by Crippen LogP contribution is 2.27. The van der Waals surface area contributed by atoms with Crippen LogP contribution in [0.5, 0.6) is 5.75 Å². The standard InChI is InChI=1S/C20H27Cl2N3O/c21-17-4-6-20(19(22)13-17)26-12-2-1-9-25-10-7-16(8-11-25)3-5-18-14-23-15-24-18/h4,6,13-16H,1-3,5,7-12H2,(H,23,24). The lowest BCUT2D eigenvalue weighted by molar-refractivity contribution is 0.173. The monoisotopic (exact) mass is 395 g/mol. The van der Waals surface area contributed by atoms with Gasteiger partial charge in [0.2, 0.25) is 0 Å². The molecule has 6 heteroatoms. The van der Waals surface area contributed by atoms with Crippen LogP contribution >= 0.6 is 23.2 Å². The van der Waals surface area contributed by atoms with Crippen LogP contribution < -0.4 is 4.74 Å². The summed E-state index contributed by atoms with van der Waals surface area (Å²) < 4.78 is 5.75. The third-order valence-corrected chi connectivity index (χ3v) is 5.63. The summed E-state index contributed by atoms with van der Waals surface area (Å²) in [6, 6.07) is 5.35. The second kappa shape index (κ2) is 10.2. The van der Waals surface area contributed by atoms with Crippen LogP contribution in [0, 0.1) is 5.92 Å². The first kappa shape index (κ1) is 19.5. The Morgan fingerprint density at radius 3 is 2.77 bits per heavy atom. The topological polar surface area (TPSA) is 41.1 Å². The number of H-pyrrole nitrogens is 1. The number of hydrogen-bond donors (Lipinski definition) is 1. The van der Waals surface area contributed by atoms with E-state index in [-0.39, 0.29) is 0 Å². The molecule has 1 aromatic heterocycles. The van der Waals surface area contributed by atoms with E-state index in [1.54, 1.807) is 18.5 Å². The van der Waals surface area contributed by atoms with E-state index in [1.165, 1.54) is 38.0 Å². The summed E-state index contributed by atoms with van der Waals surface area (Å²) >= 11 is 12.0. The van der Waals surface area contributed by atoms with Crippen LogP contribution in [0.4, 0.5) is 0 Å². The molecule has 2 heterocycles. The Bertz CT molecular complexity index is 655. The third-order valence-electron chi connectivity index (χ3n) is 5.10. The predicted octanol–water partition coefficient (Wildman–Crippen LogP) is 5.22. The molecule has 1 saturated heterocycles. The summed E-state index contributed by atoms with van der Waals surface area (Å²) in [4.78, 5) is 9.87. The van der Waals surface area contributed by atoms with Crippen LogP contribution in [-0.4, -0.2) is 41.1 Å². The third kappa shape index (κ3) is 6.19. The average Bonchev–Trinajstić information content (AvgIpc) is 3.16. The minimum atomic E-state index is 0.578. The highest BCUT2D eigenvalue weighted by atomic mass is 35.5. The Hall–Kier alpha value is -1.23. The van der Waals surface area contributed by atoms with Crippen molar-refractivity contribution in [1.82, 2.24) is 14.9 Å². The van der Waals surface area contributed by atoms with Crippen molar-refractivity contribution >= 4 is 23.2 Å². The average molecular weight is 396 g/mol. The van der Waals surface area contributed by atoms with Crippen LogP contribution in [0.15, 0.2) is 30.7 Å². The zero-order chi connectivity index (χ0) is 18.2. The van der Waals surface area contributed by atoms with E-state index in [4.69, 9.17) is 27.9 Å². The van der Waals surface area contributed by atoms with Gasteiger partial charge in [-0.05, 0) is 82.3 Å². The molecule has 1 aliphatic rings. The van der Waals surface area contributed by atoms with Crippen molar-refractivity contribution in [2.75, 3.05) is 26.2 Å². The Kier molecular flexibility index (Phi) is 7.66. The normalized spacial score (nSPS) is 16.1. The second-order valence-electron chi connectivity index (χ2n) is 7.03. The van der Waals surface area contributed by atoms with Crippen LogP contribution in [0.2, 0.25) is 10.0 Å². The van der Waals surface area contributed by atoms with Gasteiger partial charge in [0.25, 0.3) is 0 Å². The smallest absolute Gasteiger partial charge is 0.137 e. The molecule has 0 bridgehead atoms. The molecule has 4 nitrogen and oxygen atoms in total. The van der Waals surface area contributed by atoms with Crippen LogP contribution in [0.1, 0.15) is 37.8 Å². The van der Waals surface area contributed by atoms with Gasteiger partial charge < -0.3 is 14.6 Å². The second-order valence-corrected chi connectivity index (χ2v) is 7.87. The highest BCUT2D eigenvalue weighted by Gasteiger charge is 2.18. The summed E-state index contributed by atoms with van der Waals surface area (Å²) in [5, 5.41) is 1.21. The molecule has 3 rings (SSSR count). The summed E-state index contributed by atoms with van der Waals surface area (Å²) in [5.74, 6) is 1.57. The number of aromatic nitrogens is 2. The first-order valence-corrected chi connectivity index (χ1v) is 10.2. The molecule has 26 heavy (non-hydrogen) atoms. The maximum atomic E-state index is 6.11. The molecular weight excluding hydrogens is 369 g/mol. The highest BCUT2D eigenvalue weighted by molar-refractivity contribution is 6.35. The number of aromatic amines is 1. The summed E-state index contributed by atoms with van der Waals surface area (Å²) in [6.45, 7) is 4.29. The van der Waals surface area contributed by atoms with Gasteiger partial charge in [0.05, 0.1) is 18.0 Å². The molecule has 142 valence electrons. The molecule has 0 atom stereocenters. The summed E-state index contributed by atoms with van der Waals surface area (Å²) in [5.41, 5.74) is 1.26. The lowest BCUT2D eigenvalue weighted by atomic mass is 9.91. The number of imidazole rings is 1. The van der Waals surface area contributed by atoms with E-state index in [9.17, 15) is 0 Å². The number of ether oxygens (including phenoxy) is 1. The Balaban J connectivity index is 1.25. The van der Waals surface area contributed by atoms with E-state index in [0.29, 0.717) is 22.4 Å². The molecule has 1 N–H and O–H groups in total. The van der Waals surface area contributed by atoms with Crippen molar-refractivity contribution in [3.63, 3.8) is 0 Å². The first-order valence-electron chi connectivity index (χ1n) is 9.48. The number of likely N-dealkylation sites (tertiary alicyclic amines) is 1. The zero-order valence-corrected chi connectivity index (χ0v) is 16.6. The molecule has 1 aliphatic heterocycles. The molecule has 0 saturated carbocycles. The van der Waals surface area contributed by atoms with Gasteiger partial charge in [0.1, 0.15) is 5.75 Å². The van der Waals surface area contributed by atoms with Crippen molar-refractivity contribution in [3.8, 4) is 5.75 Å². The van der Waals surface area contributed by atoms with E-state index in [2.05, 4.69) is 14.9 Å². The summed E-state index contributed by atoms with van der Waals surface area (Å²) in [7, 11) is 0. The molecular formula is C20H27Cl2N3O. The number of benzene rings is 1. The van der Waals surface area contributed by atoms with Crippen LogP contribution in [0.25, 0.3) is 0 Å². The van der Waals surface area contributed by atoms with Crippen molar-refractivity contribution in [2.24, 2.45) is 5.92 Å². The fourth-order valence-electron chi connectivity index (χ4n) is 3.49. The van der Waals surface area contributed by atoms with Crippen molar-refractivity contribution in [1.29, 1.82) is 0 Å². The van der Waals surface area contributed by atoms with Gasteiger partial charge in [0, 0.05) is 16.9 Å². The van der Waals surface area contributed by atoms with E-state index in [1.807, 2.05) is 12.3 Å². The zero-order valence-electron chi connectivity index (χ0n) is 15.1. The van der Waals surface area contributed by atoms with Crippen LogP contribution in [0.3, 0.4) is 0 Å². The number of rotatable bonds is 9. The lowest BCUT2D eigenvalue weighted by Crippen LogP contribution is -2.34. The number of hydrogen-bond acceptors (Lipinski definition) is 3. The molecule has 0 radical (unpaired) electrons. The number of halogens is 2. The minimum absolute atomic E-state index is 0.578. The van der Waals surface area contributed by atoms with Crippen LogP contribution in [-0.2, 0) is 6.42 Å². The van der Waals surface area contributed by atoms with Gasteiger partial charge in [0.15, 0.2) is 0 Å². The largest absolute Gasteiger partial charge is 0.492 e. The number of nitrogens with one attached hydrogen (secondary N) is 1. The number of nitrogens with zero attached hydrogens (tertiary/aromatic N) is 2. The maximum absolute atomic E-state index is 6.11. The molecule has 1 aromatic carbocycles. The maximum Gasteiger partial charge on any atom is 0.137 e. The van der Waals surface area contributed by atoms with Gasteiger partial charge in [-0.3, -0.25) is 0 Å². The Labute approximate surface area is 165 Å². The van der Waals surface area contributed by atoms with Crippen molar-refractivity contribution in [2.45, 2.75) is 38.5 Å². The number of unbranched alkanes of at least 4 members (excludes halogenated alkanes) is 1. The van der Waals surface area contributed by atoms with Gasteiger partial charge in [-0.25, -0.2) is 4.98 Å². The van der Waals surface area contributed by atoms with E-state index >= 15 is 0 Å². The fraction of sp³-hybridized carbons (Fsp3) is 0.550. The van der Waals surface area contributed by atoms with Gasteiger partial charge in [-0.15, -0.1) is 0 Å². The fourth-order valence-corrected chi connectivity index (χ4v) is 3.95. The first-order chi connectivity index (χ1) is 12.7. The number of piperidine rings is 1. The molecule has 0 unspecified atom stereocenters. The van der Waals surface area contributed by atoms with Crippen molar-refractivity contribution < 1.29 is 4.74 Å². The summed E-state index contributed by atoms with van der Waals surface area (Å²) in [6.07, 6.45) is 10.9. The Morgan fingerprint density at radius 2 is 2.04 bits per heavy atom. The molecule has 2 aromatic rings.